The van der Waals surface area contributed by atoms with E-state index in [-0.39, 0.29) is 0 Å². The Balaban J connectivity index is 2.39. The summed E-state index contributed by atoms with van der Waals surface area (Å²) in [5.74, 6) is 1.84. The standard InChI is InChI=1S/C13H16N4/c1-8(2)11-6-14-13(15-7-11)12-5-9(3)16-10(4)17-12/h5-8H,1-4H3. The normalized spacial score (nSPS) is 10.9. The minimum Gasteiger partial charge on any atom is -0.239 e. The molecule has 0 spiro atoms. The molecule has 0 atom stereocenters. The molecule has 0 aliphatic carbocycles. The summed E-state index contributed by atoms with van der Waals surface area (Å²) in [4.78, 5) is 17.3. The fourth-order valence-corrected chi connectivity index (χ4v) is 1.60. The van der Waals surface area contributed by atoms with E-state index in [0.717, 1.165) is 22.8 Å². The van der Waals surface area contributed by atoms with Crippen LogP contribution in [0.15, 0.2) is 18.5 Å². The minimum atomic E-state index is 0.443. The van der Waals surface area contributed by atoms with Gasteiger partial charge in [0.25, 0.3) is 0 Å². The Labute approximate surface area is 101 Å². The maximum Gasteiger partial charge on any atom is 0.178 e. The molecular formula is C13H16N4. The average Bonchev–Trinajstić information content (AvgIpc) is 2.28. The predicted molar refractivity (Wildman–Crippen MR) is 66.6 cm³/mol. The van der Waals surface area contributed by atoms with Gasteiger partial charge in [0.05, 0.1) is 0 Å². The van der Waals surface area contributed by atoms with E-state index in [2.05, 4.69) is 33.8 Å². The Morgan fingerprint density at radius 3 is 2.18 bits per heavy atom. The SMILES string of the molecule is Cc1cc(-c2ncc(C(C)C)cn2)nc(C)n1. The highest BCUT2D eigenvalue weighted by Crippen LogP contribution is 2.16. The van der Waals surface area contributed by atoms with Crippen molar-refractivity contribution >= 4 is 0 Å². The van der Waals surface area contributed by atoms with Crippen LogP contribution in [0.25, 0.3) is 11.5 Å². The van der Waals surface area contributed by atoms with Gasteiger partial charge < -0.3 is 0 Å². The van der Waals surface area contributed by atoms with Crippen LogP contribution in [0.1, 0.15) is 36.8 Å². The summed E-state index contributed by atoms with van der Waals surface area (Å²) in [6.07, 6.45) is 3.72. The van der Waals surface area contributed by atoms with Crippen LogP contribution in [0.3, 0.4) is 0 Å². The largest absolute Gasteiger partial charge is 0.239 e. The molecule has 2 rings (SSSR count). The van der Waals surface area contributed by atoms with Crippen LogP contribution in [0.2, 0.25) is 0 Å². The molecule has 2 aromatic heterocycles. The Morgan fingerprint density at radius 1 is 1.00 bits per heavy atom. The highest BCUT2D eigenvalue weighted by Gasteiger charge is 2.06. The van der Waals surface area contributed by atoms with Gasteiger partial charge in [-0.25, -0.2) is 19.9 Å². The third-order valence-corrected chi connectivity index (χ3v) is 2.53. The number of rotatable bonds is 2. The van der Waals surface area contributed by atoms with E-state index in [4.69, 9.17) is 0 Å². The van der Waals surface area contributed by atoms with Gasteiger partial charge in [-0.3, -0.25) is 0 Å². The van der Waals surface area contributed by atoms with E-state index in [1.54, 1.807) is 0 Å². The van der Waals surface area contributed by atoms with E-state index < -0.39 is 0 Å². The van der Waals surface area contributed by atoms with Crippen LogP contribution in [0, 0.1) is 13.8 Å². The van der Waals surface area contributed by atoms with Crippen molar-refractivity contribution in [3.8, 4) is 11.5 Å². The van der Waals surface area contributed by atoms with Gasteiger partial charge in [-0.2, -0.15) is 0 Å². The van der Waals surface area contributed by atoms with E-state index in [0.29, 0.717) is 11.7 Å². The second-order valence-electron chi connectivity index (χ2n) is 4.44. The summed E-state index contributed by atoms with van der Waals surface area (Å²) in [7, 11) is 0. The van der Waals surface area contributed by atoms with Crippen molar-refractivity contribution in [1.29, 1.82) is 0 Å². The van der Waals surface area contributed by atoms with Gasteiger partial charge in [0.2, 0.25) is 0 Å². The van der Waals surface area contributed by atoms with Crippen molar-refractivity contribution in [2.24, 2.45) is 0 Å². The maximum atomic E-state index is 4.35. The van der Waals surface area contributed by atoms with Crippen LogP contribution >= 0.6 is 0 Å². The maximum absolute atomic E-state index is 4.35. The van der Waals surface area contributed by atoms with Crippen LogP contribution in [-0.4, -0.2) is 19.9 Å². The van der Waals surface area contributed by atoms with E-state index in [1.807, 2.05) is 32.3 Å². The van der Waals surface area contributed by atoms with Crippen molar-refractivity contribution in [3.05, 3.63) is 35.5 Å². The summed E-state index contributed by atoms with van der Waals surface area (Å²) in [6.45, 7) is 8.06. The van der Waals surface area contributed by atoms with Gasteiger partial charge in [-0.15, -0.1) is 0 Å². The highest BCUT2D eigenvalue weighted by molar-refractivity contribution is 5.49. The molecule has 0 N–H and O–H groups in total. The Hall–Kier alpha value is -1.84. The lowest BCUT2D eigenvalue weighted by Gasteiger charge is -2.05. The molecule has 4 heteroatoms. The number of aryl methyl sites for hydroxylation is 2. The van der Waals surface area contributed by atoms with E-state index >= 15 is 0 Å². The molecule has 88 valence electrons. The summed E-state index contributed by atoms with van der Waals surface area (Å²) in [5.41, 5.74) is 2.85. The molecule has 0 bridgehead atoms. The second-order valence-corrected chi connectivity index (χ2v) is 4.44. The van der Waals surface area contributed by atoms with Gasteiger partial charge in [0.1, 0.15) is 11.5 Å². The molecule has 2 aromatic rings. The fourth-order valence-electron chi connectivity index (χ4n) is 1.60. The second kappa shape index (κ2) is 4.57. The number of hydrogen-bond donors (Lipinski definition) is 0. The van der Waals surface area contributed by atoms with Crippen molar-refractivity contribution in [3.63, 3.8) is 0 Å². The smallest absolute Gasteiger partial charge is 0.178 e. The number of aromatic nitrogens is 4. The van der Waals surface area contributed by atoms with Crippen molar-refractivity contribution in [2.75, 3.05) is 0 Å². The monoisotopic (exact) mass is 228 g/mol. The summed E-state index contributed by atoms with van der Waals surface area (Å²) >= 11 is 0. The predicted octanol–water partition coefficient (Wildman–Crippen LogP) is 2.67. The molecule has 0 saturated carbocycles. The molecule has 0 fully saturated rings. The third-order valence-electron chi connectivity index (χ3n) is 2.53. The first-order chi connectivity index (χ1) is 8.06. The lowest BCUT2D eigenvalue weighted by atomic mass is 10.1. The lowest BCUT2D eigenvalue weighted by molar-refractivity contribution is 0.845. The molecule has 0 unspecified atom stereocenters. The van der Waals surface area contributed by atoms with Crippen molar-refractivity contribution in [2.45, 2.75) is 33.6 Å². The molecule has 2 heterocycles. The Morgan fingerprint density at radius 2 is 1.65 bits per heavy atom. The zero-order valence-electron chi connectivity index (χ0n) is 10.6. The van der Waals surface area contributed by atoms with Gasteiger partial charge in [0.15, 0.2) is 5.82 Å². The summed E-state index contributed by atoms with van der Waals surface area (Å²) in [5, 5.41) is 0. The topological polar surface area (TPSA) is 51.6 Å². The summed E-state index contributed by atoms with van der Waals surface area (Å²) in [6, 6.07) is 1.90. The molecule has 0 radical (unpaired) electrons. The quantitative estimate of drug-likeness (QED) is 0.793. The number of hydrogen-bond acceptors (Lipinski definition) is 4. The van der Waals surface area contributed by atoms with Gasteiger partial charge in [-0.1, -0.05) is 13.8 Å². The molecule has 0 aliphatic rings. The lowest BCUT2D eigenvalue weighted by Crippen LogP contribution is -1.99. The molecule has 4 nitrogen and oxygen atoms in total. The van der Waals surface area contributed by atoms with Crippen LogP contribution in [-0.2, 0) is 0 Å². The summed E-state index contributed by atoms with van der Waals surface area (Å²) < 4.78 is 0. The first-order valence-corrected chi connectivity index (χ1v) is 5.71. The van der Waals surface area contributed by atoms with Crippen LogP contribution < -0.4 is 0 Å². The Kier molecular flexibility index (Phi) is 3.13. The van der Waals surface area contributed by atoms with E-state index in [9.17, 15) is 0 Å². The first kappa shape index (κ1) is 11.6. The first-order valence-electron chi connectivity index (χ1n) is 5.71. The zero-order chi connectivity index (χ0) is 12.4. The van der Waals surface area contributed by atoms with Gasteiger partial charge in [-0.05, 0) is 31.4 Å². The Bertz CT molecular complexity index is 497. The molecule has 0 aliphatic heterocycles. The van der Waals surface area contributed by atoms with Crippen LogP contribution in [0.4, 0.5) is 0 Å². The van der Waals surface area contributed by atoms with Crippen molar-refractivity contribution in [1.82, 2.24) is 19.9 Å². The molecule has 0 amide bonds. The number of nitrogens with zero attached hydrogens (tertiary/aromatic N) is 4. The van der Waals surface area contributed by atoms with Gasteiger partial charge in [0, 0.05) is 18.1 Å². The van der Waals surface area contributed by atoms with Crippen molar-refractivity contribution < 1.29 is 0 Å². The molecule has 17 heavy (non-hydrogen) atoms. The fraction of sp³-hybridized carbons (Fsp3) is 0.385. The van der Waals surface area contributed by atoms with Gasteiger partial charge >= 0.3 is 0 Å². The molecular weight excluding hydrogens is 212 g/mol. The zero-order valence-corrected chi connectivity index (χ0v) is 10.6. The third kappa shape index (κ3) is 2.64. The minimum absolute atomic E-state index is 0.443. The molecule has 0 aromatic carbocycles. The molecule has 0 saturated heterocycles. The average molecular weight is 228 g/mol. The van der Waals surface area contributed by atoms with E-state index in [1.165, 1.54) is 0 Å². The highest BCUT2D eigenvalue weighted by atomic mass is 14.9. The van der Waals surface area contributed by atoms with Crippen LogP contribution in [0.5, 0.6) is 0 Å².